The molecule has 0 spiro atoms. The topological polar surface area (TPSA) is 38.9 Å². The van der Waals surface area contributed by atoms with Crippen LogP contribution in [0.2, 0.25) is 0 Å². The lowest BCUT2D eigenvalue weighted by Crippen LogP contribution is -1.90. The molecule has 0 saturated heterocycles. The van der Waals surface area contributed by atoms with Crippen LogP contribution in [0.1, 0.15) is 30.0 Å². The van der Waals surface area contributed by atoms with Gasteiger partial charge in [-0.3, -0.25) is 4.98 Å². The zero-order chi connectivity index (χ0) is 11.9. The number of hydrogen-bond acceptors (Lipinski definition) is 3. The molecule has 0 aliphatic rings. The number of pyridine rings is 1. The molecule has 17 heavy (non-hydrogen) atoms. The molecule has 0 fully saturated rings. The Balaban J connectivity index is 1.71. The van der Waals surface area contributed by atoms with Crippen molar-refractivity contribution in [3.05, 3.63) is 54.5 Å². The highest BCUT2D eigenvalue weighted by Crippen LogP contribution is 2.09. The number of aryl methyl sites for hydroxylation is 2. The SMILES string of the molecule is C=Cc1coc(CCCCc2cccnc2)n1. The van der Waals surface area contributed by atoms with Crippen LogP contribution in [0.4, 0.5) is 0 Å². The van der Waals surface area contributed by atoms with E-state index in [0.717, 1.165) is 37.3 Å². The van der Waals surface area contributed by atoms with Gasteiger partial charge in [-0.1, -0.05) is 12.6 Å². The van der Waals surface area contributed by atoms with E-state index in [1.165, 1.54) is 5.56 Å². The molecule has 2 rings (SSSR count). The van der Waals surface area contributed by atoms with Crippen LogP contribution in [-0.4, -0.2) is 9.97 Å². The number of nitrogens with zero attached hydrogens (tertiary/aromatic N) is 2. The standard InChI is InChI=1S/C14H16N2O/c1-2-13-11-17-14(16-13)8-4-3-6-12-7-5-9-15-10-12/h2,5,7,9-11H,1,3-4,6,8H2. The van der Waals surface area contributed by atoms with Crippen molar-refractivity contribution in [1.29, 1.82) is 0 Å². The van der Waals surface area contributed by atoms with Crippen LogP contribution >= 0.6 is 0 Å². The maximum Gasteiger partial charge on any atom is 0.194 e. The second kappa shape index (κ2) is 5.99. The highest BCUT2D eigenvalue weighted by Gasteiger charge is 2.01. The van der Waals surface area contributed by atoms with Gasteiger partial charge in [0.2, 0.25) is 0 Å². The van der Waals surface area contributed by atoms with Gasteiger partial charge < -0.3 is 4.42 Å². The number of hydrogen-bond donors (Lipinski definition) is 0. The van der Waals surface area contributed by atoms with Crippen LogP contribution in [-0.2, 0) is 12.8 Å². The van der Waals surface area contributed by atoms with Gasteiger partial charge >= 0.3 is 0 Å². The van der Waals surface area contributed by atoms with E-state index in [0.29, 0.717) is 0 Å². The minimum atomic E-state index is 0.797. The number of unbranched alkanes of at least 4 members (excludes halogenated alkanes) is 1. The van der Waals surface area contributed by atoms with Crippen molar-refractivity contribution in [2.75, 3.05) is 0 Å². The van der Waals surface area contributed by atoms with Crippen molar-refractivity contribution in [2.24, 2.45) is 0 Å². The van der Waals surface area contributed by atoms with E-state index < -0.39 is 0 Å². The zero-order valence-electron chi connectivity index (χ0n) is 9.80. The molecule has 88 valence electrons. The molecule has 2 aromatic heterocycles. The number of rotatable bonds is 6. The Bertz CT molecular complexity index is 462. The summed E-state index contributed by atoms with van der Waals surface area (Å²) in [6.45, 7) is 3.65. The molecule has 0 amide bonds. The fourth-order valence-electron chi connectivity index (χ4n) is 1.69. The fraction of sp³-hybridized carbons (Fsp3) is 0.286. The predicted molar refractivity (Wildman–Crippen MR) is 67.5 cm³/mol. The maximum atomic E-state index is 5.31. The highest BCUT2D eigenvalue weighted by molar-refractivity contribution is 5.38. The van der Waals surface area contributed by atoms with E-state index in [9.17, 15) is 0 Å². The highest BCUT2D eigenvalue weighted by atomic mass is 16.3. The second-order valence-corrected chi connectivity index (χ2v) is 3.94. The summed E-state index contributed by atoms with van der Waals surface area (Å²) in [5.74, 6) is 0.797. The van der Waals surface area contributed by atoms with Crippen molar-refractivity contribution in [3.8, 4) is 0 Å². The Morgan fingerprint density at radius 2 is 2.18 bits per heavy atom. The first-order valence-electron chi connectivity index (χ1n) is 5.84. The first kappa shape index (κ1) is 11.6. The lowest BCUT2D eigenvalue weighted by molar-refractivity contribution is 0.483. The van der Waals surface area contributed by atoms with Crippen LogP contribution in [0.5, 0.6) is 0 Å². The molecule has 3 heteroatoms. The largest absolute Gasteiger partial charge is 0.448 e. The Morgan fingerprint density at radius 3 is 2.88 bits per heavy atom. The first-order valence-corrected chi connectivity index (χ1v) is 5.84. The van der Waals surface area contributed by atoms with Gasteiger partial charge in [-0.15, -0.1) is 0 Å². The van der Waals surface area contributed by atoms with E-state index in [1.807, 2.05) is 12.3 Å². The summed E-state index contributed by atoms with van der Waals surface area (Å²) in [7, 11) is 0. The van der Waals surface area contributed by atoms with Crippen LogP contribution in [0.3, 0.4) is 0 Å². The van der Waals surface area contributed by atoms with Crippen molar-refractivity contribution in [2.45, 2.75) is 25.7 Å². The van der Waals surface area contributed by atoms with Crippen molar-refractivity contribution >= 4 is 6.08 Å². The zero-order valence-corrected chi connectivity index (χ0v) is 9.80. The quantitative estimate of drug-likeness (QED) is 0.712. The molecule has 0 bridgehead atoms. The Morgan fingerprint density at radius 1 is 1.29 bits per heavy atom. The lowest BCUT2D eigenvalue weighted by atomic mass is 10.1. The van der Waals surface area contributed by atoms with Gasteiger partial charge in [-0.05, 0) is 37.0 Å². The van der Waals surface area contributed by atoms with Gasteiger partial charge in [-0.25, -0.2) is 4.98 Å². The van der Waals surface area contributed by atoms with Crippen molar-refractivity contribution < 1.29 is 4.42 Å². The van der Waals surface area contributed by atoms with Crippen LogP contribution in [0.15, 0.2) is 41.8 Å². The predicted octanol–water partition coefficient (Wildman–Crippen LogP) is 3.28. The molecule has 0 aliphatic carbocycles. The lowest BCUT2D eigenvalue weighted by Gasteiger charge is -1.99. The molecule has 0 aromatic carbocycles. The third-order valence-corrected chi connectivity index (χ3v) is 2.61. The maximum absolute atomic E-state index is 5.31. The summed E-state index contributed by atoms with van der Waals surface area (Å²) in [5.41, 5.74) is 2.10. The van der Waals surface area contributed by atoms with E-state index in [-0.39, 0.29) is 0 Å². The number of aromatic nitrogens is 2. The van der Waals surface area contributed by atoms with Crippen LogP contribution < -0.4 is 0 Å². The average molecular weight is 228 g/mol. The van der Waals surface area contributed by atoms with Crippen LogP contribution in [0.25, 0.3) is 6.08 Å². The summed E-state index contributed by atoms with van der Waals surface area (Å²) in [6, 6.07) is 4.08. The van der Waals surface area contributed by atoms with Gasteiger partial charge in [0.05, 0.1) is 0 Å². The normalized spacial score (nSPS) is 10.4. The smallest absolute Gasteiger partial charge is 0.194 e. The summed E-state index contributed by atoms with van der Waals surface area (Å²) >= 11 is 0. The minimum Gasteiger partial charge on any atom is -0.448 e. The van der Waals surface area contributed by atoms with E-state index >= 15 is 0 Å². The van der Waals surface area contributed by atoms with Gasteiger partial charge in [-0.2, -0.15) is 0 Å². The first-order chi connectivity index (χ1) is 8.38. The fourth-order valence-corrected chi connectivity index (χ4v) is 1.69. The van der Waals surface area contributed by atoms with E-state index in [2.05, 4.69) is 22.6 Å². The summed E-state index contributed by atoms with van der Waals surface area (Å²) in [4.78, 5) is 8.37. The van der Waals surface area contributed by atoms with Crippen molar-refractivity contribution in [3.63, 3.8) is 0 Å². The van der Waals surface area contributed by atoms with Gasteiger partial charge in [0.15, 0.2) is 5.89 Å². The Labute approximate surface area is 101 Å². The molecule has 0 radical (unpaired) electrons. The Hall–Kier alpha value is -1.90. The molecular formula is C14H16N2O. The van der Waals surface area contributed by atoms with Crippen molar-refractivity contribution in [1.82, 2.24) is 9.97 Å². The summed E-state index contributed by atoms with van der Waals surface area (Å²) < 4.78 is 5.31. The Kier molecular flexibility index (Phi) is 4.08. The average Bonchev–Trinajstić information content (AvgIpc) is 2.84. The van der Waals surface area contributed by atoms with Gasteiger partial charge in [0, 0.05) is 18.8 Å². The molecular weight excluding hydrogens is 212 g/mol. The molecule has 0 atom stereocenters. The third kappa shape index (κ3) is 3.55. The molecule has 0 aliphatic heterocycles. The van der Waals surface area contributed by atoms with Gasteiger partial charge in [0.25, 0.3) is 0 Å². The molecule has 0 N–H and O–H groups in total. The summed E-state index contributed by atoms with van der Waals surface area (Å²) in [6.07, 6.45) is 11.2. The number of oxazole rings is 1. The molecule has 0 unspecified atom stereocenters. The summed E-state index contributed by atoms with van der Waals surface area (Å²) in [5, 5.41) is 0. The second-order valence-electron chi connectivity index (χ2n) is 3.94. The molecule has 3 nitrogen and oxygen atoms in total. The third-order valence-electron chi connectivity index (χ3n) is 2.61. The molecule has 0 saturated carbocycles. The van der Waals surface area contributed by atoms with E-state index in [1.54, 1.807) is 18.5 Å². The monoisotopic (exact) mass is 228 g/mol. The van der Waals surface area contributed by atoms with E-state index in [4.69, 9.17) is 4.42 Å². The van der Waals surface area contributed by atoms with Gasteiger partial charge in [0.1, 0.15) is 12.0 Å². The molecule has 2 heterocycles. The molecule has 2 aromatic rings. The van der Waals surface area contributed by atoms with Crippen LogP contribution in [0, 0.1) is 0 Å². The minimum absolute atomic E-state index is 0.797.